The van der Waals surface area contributed by atoms with Crippen molar-refractivity contribution in [1.82, 2.24) is 20.1 Å². The molecule has 0 radical (unpaired) electrons. The Balaban J connectivity index is 2.59. The van der Waals surface area contributed by atoms with E-state index in [0.29, 0.717) is 0 Å². The number of hydrogen-bond acceptors (Lipinski definition) is 5. The van der Waals surface area contributed by atoms with Crippen LogP contribution in [0.4, 0.5) is 5.82 Å². The van der Waals surface area contributed by atoms with Crippen LogP contribution < -0.4 is 16.6 Å². The van der Waals surface area contributed by atoms with Crippen LogP contribution in [-0.4, -0.2) is 46.8 Å². The van der Waals surface area contributed by atoms with Gasteiger partial charge in [0, 0.05) is 6.04 Å². The van der Waals surface area contributed by atoms with Crippen LogP contribution in [0.25, 0.3) is 0 Å². The molecular weight excluding hydrogens is 210 g/mol. The van der Waals surface area contributed by atoms with Crippen molar-refractivity contribution in [2.75, 3.05) is 26.0 Å². The van der Waals surface area contributed by atoms with Crippen molar-refractivity contribution in [2.24, 2.45) is 0 Å². The van der Waals surface area contributed by atoms with Crippen LogP contribution in [0.1, 0.15) is 13.3 Å². The quantitative estimate of drug-likeness (QED) is 0.613. The third-order valence-corrected chi connectivity index (χ3v) is 2.10. The zero-order chi connectivity index (χ0) is 12.1. The molecular formula is C9H17N5O2. The molecule has 90 valence electrons. The molecule has 1 atom stereocenters. The van der Waals surface area contributed by atoms with E-state index in [-0.39, 0.29) is 11.9 Å². The molecule has 0 aliphatic heterocycles. The van der Waals surface area contributed by atoms with E-state index < -0.39 is 11.2 Å². The molecule has 0 spiro atoms. The van der Waals surface area contributed by atoms with E-state index in [1.54, 1.807) is 0 Å². The normalized spacial score (nSPS) is 12.8. The Morgan fingerprint density at radius 3 is 2.69 bits per heavy atom. The third-order valence-electron chi connectivity index (χ3n) is 2.10. The molecule has 1 unspecified atom stereocenters. The van der Waals surface area contributed by atoms with Crippen molar-refractivity contribution in [3.05, 3.63) is 20.8 Å². The topological polar surface area (TPSA) is 93.9 Å². The number of H-pyrrole nitrogens is 2. The molecule has 0 bridgehead atoms. The van der Waals surface area contributed by atoms with Crippen molar-refractivity contribution in [1.29, 1.82) is 0 Å². The second-order valence-electron chi connectivity index (χ2n) is 3.99. The molecule has 0 aliphatic carbocycles. The Hall–Kier alpha value is -1.63. The summed E-state index contributed by atoms with van der Waals surface area (Å²) in [6, 6.07) is 0.113. The van der Waals surface area contributed by atoms with E-state index in [1.807, 2.05) is 21.0 Å². The van der Waals surface area contributed by atoms with Crippen molar-refractivity contribution in [3.8, 4) is 0 Å². The zero-order valence-electron chi connectivity index (χ0n) is 9.70. The summed E-state index contributed by atoms with van der Waals surface area (Å²) in [4.78, 5) is 26.2. The van der Waals surface area contributed by atoms with E-state index in [9.17, 15) is 9.59 Å². The van der Waals surface area contributed by atoms with Crippen LogP contribution in [0, 0.1) is 0 Å². The minimum atomic E-state index is -0.600. The van der Waals surface area contributed by atoms with Gasteiger partial charge in [-0.2, -0.15) is 0 Å². The van der Waals surface area contributed by atoms with Gasteiger partial charge in [0.1, 0.15) is 0 Å². The van der Waals surface area contributed by atoms with Gasteiger partial charge >= 0.3 is 5.69 Å². The SMILES string of the molecule is CC(CCN(C)C)Nc1n[nH]c(=O)[nH]c1=O. The monoisotopic (exact) mass is 227 g/mol. The van der Waals surface area contributed by atoms with E-state index >= 15 is 0 Å². The van der Waals surface area contributed by atoms with Gasteiger partial charge in [0.05, 0.1) is 0 Å². The van der Waals surface area contributed by atoms with Gasteiger partial charge in [-0.05, 0) is 34.0 Å². The molecule has 16 heavy (non-hydrogen) atoms. The lowest BCUT2D eigenvalue weighted by Crippen LogP contribution is -2.31. The van der Waals surface area contributed by atoms with Gasteiger partial charge in [-0.25, -0.2) is 9.89 Å². The van der Waals surface area contributed by atoms with Gasteiger partial charge < -0.3 is 10.2 Å². The Morgan fingerprint density at radius 2 is 2.12 bits per heavy atom. The molecule has 7 heteroatoms. The van der Waals surface area contributed by atoms with Gasteiger partial charge in [0.15, 0.2) is 0 Å². The summed E-state index contributed by atoms with van der Waals surface area (Å²) in [6.45, 7) is 2.87. The zero-order valence-corrected chi connectivity index (χ0v) is 9.70. The van der Waals surface area contributed by atoms with Gasteiger partial charge in [-0.3, -0.25) is 9.78 Å². The summed E-state index contributed by atoms with van der Waals surface area (Å²) in [6.07, 6.45) is 0.882. The number of nitrogens with zero attached hydrogens (tertiary/aromatic N) is 2. The Morgan fingerprint density at radius 1 is 1.44 bits per heavy atom. The minimum Gasteiger partial charge on any atom is -0.362 e. The van der Waals surface area contributed by atoms with Crippen LogP contribution >= 0.6 is 0 Å². The highest BCUT2D eigenvalue weighted by molar-refractivity contribution is 5.29. The van der Waals surface area contributed by atoms with Gasteiger partial charge in [-0.15, -0.1) is 5.10 Å². The molecule has 0 fully saturated rings. The number of rotatable bonds is 5. The molecule has 1 aromatic rings. The van der Waals surface area contributed by atoms with Gasteiger partial charge in [0.25, 0.3) is 5.56 Å². The van der Waals surface area contributed by atoms with E-state index in [4.69, 9.17) is 0 Å². The predicted octanol–water partition coefficient (Wildman–Crippen LogP) is -0.790. The Labute approximate surface area is 92.9 Å². The maximum atomic E-state index is 11.3. The van der Waals surface area contributed by atoms with Gasteiger partial charge in [0.2, 0.25) is 5.82 Å². The minimum absolute atomic E-state index is 0.113. The third kappa shape index (κ3) is 3.85. The number of aromatic amines is 2. The molecule has 7 nitrogen and oxygen atoms in total. The van der Waals surface area contributed by atoms with E-state index in [0.717, 1.165) is 13.0 Å². The first kappa shape index (κ1) is 12.4. The largest absolute Gasteiger partial charge is 0.362 e. The summed E-state index contributed by atoms with van der Waals surface area (Å²) in [5, 5.41) is 8.76. The first-order chi connectivity index (χ1) is 7.49. The fourth-order valence-electron chi connectivity index (χ4n) is 1.20. The number of hydrogen-bond donors (Lipinski definition) is 3. The number of aromatic nitrogens is 3. The average Bonchev–Trinajstić information content (AvgIpc) is 2.19. The average molecular weight is 227 g/mol. The van der Waals surface area contributed by atoms with Crippen molar-refractivity contribution >= 4 is 5.82 Å². The molecule has 1 aromatic heterocycles. The Bertz CT molecular complexity index is 436. The lowest BCUT2D eigenvalue weighted by molar-refractivity contribution is 0.390. The summed E-state index contributed by atoms with van der Waals surface area (Å²) in [5.41, 5.74) is -1.10. The van der Waals surface area contributed by atoms with E-state index in [1.165, 1.54) is 0 Å². The van der Waals surface area contributed by atoms with Crippen LogP contribution in [-0.2, 0) is 0 Å². The lowest BCUT2D eigenvalue weighted by Gasteiger charge is -2.16. The summed E-state index contributed by atoms with van der Waals surface area (Å²) in [7, 11) is 3.97. The van der Waals surface area contributed by atoms with Crippen LogP contribution in [0.15, 0.2) is 9.59 Å². The molecule has 0 saturated carbocycles. The van der Waals surface area contributed by atoms with Gasteiger partial charge in [-0.1, -0.05) is 0 Å². The second-order valence-corrected chi connectivity index (χ2v) is 3.99. The van der Waals surface area contributed by atoms with Crippen LogP contribution in [0.3, 0.4) is 0 Å². The highest BCUT2D eigenvalue weighted by Crippen LogP contribution is 1.98. The predicted molar refractivity (Wildman–Crippen MR) is 61.7 cm³/mol. The number of anilines is 1. The molecule has 0 aromatic carbocycles. The smallest absolute Gasteiger partial charge is 0.342 e. The molecule has 1 rings (SSSR count). The summed E-state index contributed by atoms with van der Waals surface area (Å²) < 4.78 is 0. The van der Waals surface area contributed by atoms with Crippen LogP contribution in [0.5, 0.6) is 0 Å². The van der Waals surface area contributed by atoms with Crippen molar-refractivity contribution < 1.29 is 0 Å². The first-order valence-corrected chi connectivity index (χ1v) is 5.09. The molecule has 0 amide bonds. The highest BCUT2D eigenvalue weighted by atomic mass is 16.2. The molecule has 0 saturated heterocycles. The standard InChI is InChI=1S/C9H17N5O2/c1-6(4-5-14(2)3)10-7-8(15)11-9(16)13-12-7/h6H,4-5H2,1-3H3,(H,10,12)(H2,11,13,15,16). The molecule has 0 aliphatic rings. The maximum absolute atomic E-state index is 11.3. The Kier molecular flexibility index (Phi) is 4.24. The van der Waals surface area contributed by atoms with Crippen LogP contribution in [0.2, 0.25) is 0 Å². The lowest BCUT2D eigenvalue weighted by atomic mass is 10.2. The fraction of sp³-hybridized carbons (Fsp3) is 0.667. The first-order valence-electron chi connectivity index (χ1n) is 5.09. The van der Waals surface area contributed by atoms with Crippen molar-refractivity contribution in [3.63, 3.8) is 0 Å². The van der Waals surface area contributed by atoms with Crippen molar-refractivity contribution in [2.45, 2.75) is 19.4 Å². The van der Waals surface area contributed by atoms with E-state index in [2.05, 4.69) is 25.4 Å². The second kappa shape index (κ2) is 5.45. The molecule has 1 heterocycles. The molecule has 3 N–H and O–H groups in total. The highest BCUT2D eigenvalue weighted by Gasteiger charge is 2.07. The number of nitrogens with one attached hydrogen (secondary N) is 3. The summed E-state index contributed by atoms with van der Waals surface area (Å²) in [5.74, 6) is 0.144. The summed E-state index contributed by atoms with van der Waals surface area (Å²) >= 11 is 0. The fourth-order valence-corrected chi connectivity index (χ4v) is 1.20. The maximum Gasteiger partial charge on any atom is 0.342 e.